The number of hydrogen-bond acceptors (Lipinski definition) is 2. The molecular weight excluding hydrogens is 430 g/mol. The summed E-state index contributed by atoms with van der Waals surface area (Å²) >= 11 is 6.45. The number of hydrogen-bond donors (Lipinski definition) is 0. The monoisotopic (exact) mass is 463 g/mol. The molecule has 0 aliphatic heterocycles. The maximum atomic E-state index is 13.0. The van der Waals surface area contributed by atoms with Crippen molar-refractivity contribution in [3.8, 4) is 0 Å². The molecule has 2 aromatic carbocycles. The third-order valence-electron chi connectivity index (χ3n) is 7.52. The zero-order valence-electron chi connectivity index (χ0n) is 19.8. The summed E-state index contributed by atoms with van der Waals surface area (Å²) in [6, 6.07) is 13.0. The predicted molar refractivity (Wildman–Crippen MR) is 139 cm³/mol. The zero-order valence-corrected chi connectivity index (χ0v) is 20.6. The van der Waals surface area contributed by atoms with Crippen LogP contribution in [-0.2, 0) is 0 Å². The van der Waals surface area contributed by atoms with Crippen LogP contribution >= 0.6 is 11.6 Å². The van der Waals surface area contributed by atoms with Gasteiger partial charge in [-0.15, -0.1) is 0 Å². The van der Waals surface area contributed by atoms with Crippen LogP contribution in [0.1, 0.15) is 95.6 Å². The van der Waals surface area contributed by atoms with Crippen LogP contribution in [0, 0.1) is 0 Å². The van der Waals surface area contributed by atoms with Gasteiger partial charge in [-0.05, 0) is 61.4 Å². The Bertz CT molecular complexity index is 1350. The van der Waals surface area contributed by atoms with Crippen molar-refractivity contribution >= 4 is 39.3 Å². The van der Waals surface area contributed by atoms with E-state index >= 15 is 0 Å². The average Bonchev–Trinajstić information content (AvgIpc) is 3.44. The summed E-state index contributed by atoms with van der Waals surface area (Å²) in [5.74, 6) is 1.34. The van der Waals surface area contributed by atoms with Gasteiger partial charge in [0.05, 0.1) is 27.0 Å². The quantitative estimate of drug-likeness (QED) is 0.248. The van der Waals surface area contributed by atoms with E-state index in [1.165, 1.54) is 62.4 Å². The minimum atomic E-state index is -0.235. The molecular formula is C28H34ClN3O. The van der Waals surface area contributed by atoms with Crippen molar-refractivity contribution in [2.24, 2.45) is 0 Å². The maximum Gasteiger partial charge on any atom is 0.283 e. The molecule has 5 rings (SSSR count). The van der Waals surface area contributed by atoms with Crippen LogP contribution < -0.4 is 5.56 Å². The third kappa shape index (κ3) is 3.97. The van der Waals surface area contributed by atoms with Gasteiger partial charge in [-0.3, -0.25) is 9.20 Å². The molecule has 0 bridgehead atoms. The maximum absolute atomic E-state index is 13.0. The van der Waals surface area contributed by atoms with Crippen LogP contribution in [0.15, 0.2) is 41.2 Å². The van der Waals surface area contributed by atoms with Crippen molar-refractivity contribution in [1.29, 1.82) is 0 Å². The van der Waals surface area contributed by atoms with Gasteiger partial charge in [-0.25, -0.2) is 0 Å². The summed E-state index contributed by atoms with van der Waals surface area (Å²) in [6.45, 7) is 4.55. The lowest BCUT2D eigenvalue weighted by Gasteiger charge is -2.18. The number of unbranched alkanes of at least 4 members (excludes halogenated alkanes) is 2. The molecule has 0 saturated heterocycles. The lowest BCUT2D eigenvalue weighted by atomic mass is 9.89. The molecule has 174 valence electrons. The van der Waals surface area contributed by atoms with Crippen LogP contribution in [-0.4, -0.2) is 14.0 Å². The van der Waals surface area contributed by atoms with Gasteiger partial charge in [0.1, 0.15) is 0 Å². The Labute approximate surface area is 200 Å². The number of benzene rings is 2. The molecule has 0 N–H and O–H groups in total. The SMILES string of the molecule is CCCCCC(CCC)c1ccc2c(c1)n(C1CCCC1)c1nc(=O)c3c(Cl)cccc3n21. The van der Waals surface area contributed by atoms with E-state index in [1.54, 1.807) is 6.07 Å². The summed E-state index contributed by atoms with van der Waals surface area (Å²) in [5, 5.41) is 0.978. The standard InChI is InChI=1S/C28H34ClN3O/c1-3-5-6-11-19(10-4-2)20-16-17-23-25(18-20)31(21-12-7-8-13-21)28-30-27(33)26-22(29)14-9-15-24(26)32(23)28/h9,14-19,21H,3-8,10-13H2,1-2H3. The number of aromatic nitrogens is 3. The van der Waals surface area contributed by atoms with Crippen molar-refractivity contribution in [3.63, 3.8) is 0 Å². The lowest BCUT2D eigenvalue weighted by molar-refractivity contribution is 0.527. The predicted octanol–water partition coefficient (Wildman–Crippen LogP) is 8.03. The van der Waals surface area contributed by atoms with Gasteiger partial charge in [0.15, 0.2) is 0 Å². The van der Waals surface area contributed by atoms with E-state index in [0.29, 0.717) is 22.4 Å². The third-order valence-corrected chi connectivity index (χ3v) is 7.83. The molecule has 33 heavy (non-hydrogen) atoms. The molecule has 1 saturated carbocycles. The van der Waals surface area contributed by atoms with Crippen LogP contribution in [0.2, 0.25) is 5.02 Å². The highest BCUT2D eigenvalue weighted by atomic mass is 35.5. The topological polar surface area (TPSA) is 39.3 Å². The molecule has 1 atom stereocenters. The highest BCUT2D eigenvalue weighted by Gasteiger charge is 2.25. The Morgan fingerprint density at radius 1 is 1.00 bits per heavy atom. The van der Waals surface area contributed by atoms with Gasteiger partial charge in [0.2, 0.25) is 5.78 Å². The van der Waals surface area contributed by atoms with E-state index < -0.39 is 0 Å². The smallest absolute Gasteiger partial charge is 0.283 e. The first-order valence-corrected chi connectivity index (χ1v) is 13.2. The van der Waals surface area contributed by atoms with Crippen LogP contribution in [0.25, 0.3) is 27.7 Å². The van der Waals surface area contributed by atoms with E-state index in [-0.39, 0.29) is 5.56 Å². The Balaban J connectivity index is 1.77. The number of rotatable bonds is 8. The molecule has 2 aromatic heterocycles. The molecule has 0 amide bonds. The second kappa shape index (κ2) is 9.50. The molecule has 0 radical (unpaired) electrons. The van der Waals surface area contributed by atoms with Crippen molar-refractivity contribution in [3.05, 3.63) is 57.3 Å². The molecule has 4 aromatic rings. The highest BCUT2D eigenvalue weighted by Crippen LogP contribution is 2.38. The summed E-state index contributed by atoms with van der Waals surface area (Å²) in [7, 11) is 0. The van der Waals surface area contributed by atoms with Crippen LogP contribution in [0.4, 0.5) is 0 Å². The van der Waals surface area contributed by atoms with E-state index in [0.717, 1.165) is 29.7 Å². The van der Waals surface area contributed by atoms with Crippen molar-refractivity contribution in [2.75, 3.05) is 0 Å². The lowest BCUT2D eigenvalue weighted by Crippen LogP contribution is -2.14. The number of nitrogens with zero attached hydrogens (tertiary/aromatic N) is 3. The summed E-state index contributed by atoms with van der Waals surface area (Å²) < 4.78 is 4.52. The first-order chi connectivity index (χ1) is 16.1. The molecule has 0 spiro atoms. The zero-order chi connectivity index (χ0) is 22.9. The van der Waals surface area contributed by atoms with Crippen LogP contribution in [0.5, 0.6) is 0 Å². The second-order valence-corrected chi connectivity index (χ2v) is 10.1. The first-order valence-electron chi connectivity index (χ1n) is 12.8. The van der Waals surface area contributed by atoms with Gasteiger partial charge >= 0.3 is 0 Å². The van der Waals surface area contributed by atoms with Gasteiger partial charge < -0.3 is 4.57 Å². The van der Waals surface area contributed by atoms with Gasteiger partial charge in [-0.1, -0.05) is 76.1 Å². The number of imidazole rings is 1. The van der Waals surface area contributed by atoms with Gasteiger partial charge in [0, 0.05) is 6.04 Å². The fourth-order valence-electron chi connectivity index (χ4n) is 5.89. The van der Waals surface area contributed by atoms with Crippen molar-refractivity contribution in [1.82, 2.24) is 14.0 Å². The van der Waals surface area contributed by atoms with Gasteiger partial charge in [0.25, 0.3) is 5.56 Å². The van der Waals surface area contributed by atoms with E-state index in [1.807, 2.05) is 12.1 Å². The van der Waals surface area contributed by atoms with Crippen molar-refractivity contribution in [2.45, 2.75) is 90.0 Å². The molecule has 1 fully saturated rings. The Kier molecular flexibility index (Phi) is 6.47. The molecule has 4 nitrogen and oxygen atoms in total. The molecule has 2 heterocycles. The highest BCUT2D eigenvalue weighted by molar-refractivity contribution is 6.35. The fourth-order valence-corrected chi connectivity index (χ4v) is 6.14. The van der Waals surface area contributed by atoms with Gasteiger partial charge in [-0.2, -0.15) is 4.98 Å². The summed E-state index contributed by atoms with van der Waals surface area (Å²) in [5.41, 5.74) is 4.36. The number of halogens is 1. The Morgan fingerprint density at radius 2 is 1.82 bits per heavy atom. The molecule has 1 aliphatic rings. The Morgan fingerprint density at radius 3 is 2.58 bits per heavy atom. The second-order valence-electron chi connectivity index (χ2n) is 9.72. The minimum Gasteiger partial charge on any atom is -0.306 e. The molecule has 1 aliphatic carbocycles. The van der Waals surface area contributed by atoms with E-state index in [2.05, 4.69) is 46.0 Å². The molecule has 1 unspecified atom stereocenters. The normalized spacial score (nSPS) is 15.8. The minimum absolute atomic E-state index is 0.235. The fraction of sp³-hybridized carbons (Fsp3) is 0.500. The Hall–Kier alpha value is -2.33. The summed E-state index contributed by atoms with van der Waals surface area (Å²) in [4.78, 5) is 17.6. The van der Waals surface area contributed by atoms with Crippen LogP contribution in [0.3, 0.4) is 0 Å². The first kappa shape index (κ1) is 22.5. The number of fused-ring (bicyclic) bond motifs is 5. The largest absolute Gasteiger partial charge is 0.306 e. The van der Waals surface area contributed by atoms with Crippen molar-refractivity contribution < 1.29 is 0 Å². The van der Waals surface area contributed by atoms with E-state index in [9.17, 15) is 4.79 Å². The van der Waals surface area contributed by atoms with E-state index in [4.69, 9.17) is 11.6 Å². The average molecular weight is 464 g/mol. The molecule has 5 heteroatoms. The summed E-state index contributed by atoms with van der Waals surface area (Å²) in [6.07, 6.45) is 12.2.